The zero-order valence-electron chi connectivity index (χ0n) is 18.2. The molecule has 1 fully saturated rings. The molecule has 0 saturated carbocycles. The van der Waals surface area contributed by atoms with E-state index >= 15 is 0 Å². The summed E-state index contributed by atoms with van der Waals surface area (Å²) in [4.78, 5) is 39.7. The number of halogens is 1. The molecule has 1 aliphatic heterocycles. The van der Waals surface area contributed by atoms with Crippen molar-refractivity contribution in [2.45, 2.75) is 19.4 Å². The number of pyridine rings is 1. The fraction of sp³-hybridized carbons (Fsp3) is 0.148. The molecule has 0 aliphatic carbocycles. The molecule has 0 N–H and O–H groups in total. The quantitative estimate of drug-likeness (QED) is 0.411. The van der Waals surface area contributed by atoms with Crippen LogP contribution in [-0.4, -0.2) is 23.0 Å². The van der Waals surface area contributed by atoms with Crippen molar-refractivity contribution in [2.75, 3.05) is 11.4 Å². The first-order chi connectivity index (χ1) is 16.5. The number of carbonyl (C=O) groups excluding carboxylic acids is 2. The second-order valence-corrected chi connectivity index (χ2v) is 8.13. The third-order valence-electron chi connectivity index (χ3n) is 5.94. The molecule has 170 valence electrons. The van der Waals surface area contributed by atoms with E-state index in [4.69, 9.17) is 4.74 Å². The second-order valence-electron chi connectivity index (χ2n) is 8.13. The summed E-state index contributed by atoms with van der Waals surface area (Å²) < 4.78 is 20.3. The van der Waals surface area contributed by atoms with Gasteiger partial charge in [-0.25, -0.2) is 9.18 Å². The number of nitrogens with zero attached hydrogens (tertiary/aromatic N) is 2. The highest BCUT2D eigenvalue weighted by Gasteiger charge is 2.21. The maximum absolute atomic E-state index is 13.4. The summed E-state index contributed by atoms with van der Waals surface area (Å²) in [6.45, 7) is 0.751. The molecule has 0 unspecified atom stereocenters. The highest BCUT2D eigenvalue weighted by atomic mass is 19.1. The molecular formula is C27H21FN2O4. The number of hydrogen-bond acceptors (Lipinski definition) is 4. The molecule has 3 aromatic carbocycles. The van der Waals surface area contributed by atoms with E-state index in [-0.39, 0.29) is 23.6 Å². The van der Waals surface area contributed by atoms with Gasteiger partial charge in [-0.2, -0.15) is 0 Å². The number of ether oxygens (including phenoxy) is 1. The molecule has 7 heteroatoms. The van der Waals surface area contributed by atoms with Crippen LogP contribution in [0, 0.1) is 5.82 Å². The third-order valence-corrected chi connectivity index (χ3v) is 5.94. The molecule has 1 saturated heterocycles. The zero-order chi connectivity index (χ0) is 23.7. The first-order valence-corrected chi connectivity index (χ1v) is 11.0. The van der Waals surface area contributed by atoms with Crippen molar-refractivity contribution < 1.29 is 18.7 Å². The summed E-state index contributed by atoms with van der Waals surface area (Å²) >= 11 is 0. The van der Waals surface area contributed by atoms with E-state index in [0.29, 0.717) is 29.4 Å². The van der Waals surface area contributed by atoms with Gasteiger partial charge in [0.2, 0.25) is 5.91 Å². The number of carbonyl (C=O) groups is 2. The molecule has 1 aliphatic rings. The van der Waals surface area contributed by atoms with Crippen LogP contribution in [0.15, 0.2) is 83.8 Å². The van der Waals surface area contributed by atoms with Crippen LogP contribution in [0.5, 0.6) is 0 Å². The normalized spacial score (nSPS) is 13.4. The molecule has 1 amide bonds. The van der Waals surface area contributed by atoms with Crippen LogP contribution in [-0.2, 0) is 16.1 Å². The Morgan fingerprint density at radius 2 is 1.56 bits per heavy atom. The Morgan fingerprint density at radius 1 is 0.882 bits per heavy atom. The molecule has 0 atom stereocenters. The van der Waals surface area contributed by atoms with Gasteiger partial charge in [-0.3, -0.25) is 14.2 Å². The van der Waals surface area contributed by atoms with E-state index in [1.165, 1.54) is 35.0 Å². The van der Waals surface area contributed by atoms with Crippen molar-refractivity contribution in [2.24, 2.45) is 0 Å². The van der Waals surface area contributed by atoms with Gasteiger partial charge in [0.25, 0.3) is 5.56 Å². The first kappa shape index (κ1) is 21.6. The Kier molecular flexibility index (Phi) is 5.67. The minimum Gasteiger partial charge on any atom is -0.457 e. The maximum atomic E-state index is 13.4. The minimum atomic E-state index is -0.578. The average molecular weight is 456 g/mol. The van der Waals surface area contributed by atoms with Crippen LogP contribution in [0.2, 0.25) is 0 Å². The smallest absolute Gasteiger partial charge is 0.340 e. The van der Waals surface area contributed by atoms with Crippen LogP contribution in [0.4, 0.5) is 10.1 Å². The van der Waals surface area contributed by atoms with Crippen molar-refractivity contribution in [1.82, 2.24) is 4.57 Å². The molecular weight excluding hydrogens is 435 g/mol. The highest BCUT2D eigenvalue weighted by molar-refractivity contribution is 6.04. The molecule has 5 rings (SSSR count). The number of esters is 1. The lowest BCUT2D eigenvalue weighted by atomic mass is 10.1. The van der Waals surface area contributed by atoms with E-state index < -0.39 is 11.8 Å². The van der Waals surface area contributed by atoms with Crippen molar-refractivity contribution in [3.8, 4) is 5.69 Å². The molecule has 0 bridgehead atoms. The summed E-state index contributed by atoms with van der Waals surface area (Å²) in [6.07, 6.45) is 2.85. The van der Waals surface area contributed by atoms with Gasteiger partial charge in [0.1, 0.15) is 12.4 Å². The fourth-order valence-corrected chi connectivity index (χ4v) is 4.17. The topological polar surface area (TPSA) is 68.6 Å². The van der Waals surface area contributed by atoms with Crippen LogP contribution in [0.3, 0.4) is 0 Å². The van der Waals surface area contributed by atoms with Crippen LogP contribution in [0.25, 0.3) is 16.5 Å². The van der Waals surface area contributed by atoms with Crippen LogP contribution >= 0.6 is 0 Å². The van der Waals surface area contributed by atoms with Gasteiger partial charge in [0, 0.05) is 41.3 Å². The Hall–Kier alpha value is -4.26. The van der Waals surface area contributed by atoms with Gasteiger partial charge in [-0.05, 0) is 54.4 Å². The number of hydrogen-bond donors (Lipinski definition) is 0. The molecule has 34 heavy (non-hydrogen) atoms. The van der Waals surface area contributed by atoms with Gasteiger partial charge in [0.05, 0.1) is 5.56 Å². The summed E-state index contributed by atoms with van der Waals surface area (Å²) in [5.74, 6) is -0.884. The second kappa shape index (κ2) is 8.94. The highest BCUT2D eigenvalue weighted by Crippen LogP contribution is 2.23. The molecule has 0 radical (unpaired) electrons. The number of benzene rings is 3. The Labute approximate surface area is 194 Å². The predicted octanol–water partition coefficient (Wildman–Crippen LogP) is 4.61. The minimum absolute atomic E-state index is 0.0388. The summed E-state index contributed by atoms with van der Waals surface area (Å²) in [7, 11) is 0. The van der Waals surface area contributed by atoms with Crippen molar-refractivity contribution >= 4 is 28.3 Å². The van der Waals surface area contributed by atoms with Gasteiger partial charge in [-0.15, -0.1) is 0 Å². The number of amides is 1. The fourth-order valence-electron chi connectivity index (χ4n) is 4.17. The van der Waals surface area contributed by atoms with Crippen LogP contribution < -0.4 is 10.5 Å². The molecule has 0 spiro atoms. The average Bonchev–Trinajstić information content (AvgIpc) is 3.30. The lowest BCUT2D eigenvalue weighted by Gasteiger charge is -2.16. The number of rotatable bonds is 5. The van der Waals surface area contributed by atoms with Gasteiger partial charge < -0.3 is 9.64 Å². The van der Waals surface area contributed by atoms with E-state index in [1.807, 2.05) is 24.3 Å². The van der Waals surface area contributed by atoms with Crippen molar-refractivity contribution in [1.29, 1.82) is 0 Å². The van der Waals surface area contributed by atoms with Crippen LogP contribution in [0.1, 0.15) is 28.8 Å². The Morgan fingerprint density at radius 3 is 2.24 bits per heavy atom. The van der Waals surface area contributed by atoms with E-state index in [0.717, 1.165) is 17.7 Å². The molecule has 2 heterocycles. The van der Waals surface area contributed by atoms with E-state index in [2.05, 4.69) is 0 Å². The SMILES string of the molecule is O=C(OCc1ccc(N2CCCC2=O)cc1)c1cn(-c2ccc(F)cc2)c(=O)c2ccccc12. The third kappa shape index (κ3) is 4.08. The standard InChI is InChI=1S/C27H21FN2O4/c28-19-9-13-21(14-10-19)30-16-24(22-4-1-2-5-23(22)26(30)32)27(33)34-17-18-7-11-20(12-8-18)29-15-3-6-25(29)31/h1-2,4-5,7-14,16H,3,6,15,17H2. The van der Waals surface area contributed by atoms with E-state index in [9.17, 15) is 18.8 Å². The van der Waals surface area contributed by atoms with Gasteiger partial charge >= 0.3 is 5.97 Å². The molecule has 6 nitrogen and oxygen atoms in total. The maximum Gasteiger partial charge on any atom is 0.340 e. The number of fused-ring (bicyclic) bond motifs is 1. The zero-order valence-corrected chi connectivity index (χ0v) is 18.2. The lowest BCUT2D eigenvalue weighted by Crippen LogP contribution is -2.23. The van der Waals surface area contributed by atoms with E-state index in [1.54, 1.807) is 29.2 Å². The molecule has 4 aromatic rings. The van der Waals surface area contributed by atoms with Crippen molar-refractivity contribution in [3.05, 3.63) is 106 Å². The summed E-state index contributed by atoms with van der Waals surface area (Å²) in [6, 6.07) is 19.6. The Balaban J connectivity index is 1.41. The summed E-state index contributed by atoms with van der Waals surface area (Å²) in [5.41, 5.74) is 1.97. The monoisotopic (exact) mass is 456 g/mol. The van der Waals surface area contributed by atoms with Gasteiger partial charge in [-0.1, -0.05) is 30.3 Å². The lowest BCUT2D eigenvalue weighted by molar-refractivity contribution is -0.117. The van der Waals surface area contributed by atoms with Crippen molar-refractivity contribution in [3.63, 3.8) is 0 Å². The van der Waals surface area contributed by atoms with Gasteiger partial charge in [0.15, 0.2) is 0 Å². The number of aromatic nitrogens is 1. The predicted molar refractivity (Wildman–Crippen MR) is 127 cm³/mol. The largest absolute Gasteiger partial charge is 0.457 e. The summed E-state index contributed by atoms with van der Waals surface area (Å²) in [5, 5.41) is 0.847. The Bertz CT molecular complexity index is 1440. The first-order valence-electron chi connectivity index (χ1n) is 11.0. The molecule has 1 aromatic heterocycles. The number of anilines is 1.